The number of quaternary nitrogens is 1. The summed E-state index contributed by atoms with van der Waals surface area (Å²) in [6, 6.07) is 10.9. The van der Waals surface area contributed by atoms with Crippen LogP contribution in [0.5, 0.6) is 0 Å². The summed E-state index contributed by atoms with van der Waals surface area (Å²) >= 11 is 1.69. The number of aromatic nitrogens is 1. The van der Waals surface area contributed by atoms with E-state index >= 15 is 0 Å². The molecule has 1 N–H and O–H groups in total. The number of thioether (sulfide) groups is 1. The first kappa shape index (κ1) is 17.6. The van der Waals surface area contributed by atoms with Crippen molar-refractivity contribution in [3.05, 3.63) is 59.4 Å². The fraction of sp³-hybridized carbons (Fsp3) is 0.429. The van der Waals surface area contributed by atoms with E-state index in [1.807, 2.05) is 17.3 Å². The Kier molecular flexibility index (Phi) is 5.56. The van der Waals surface area contributed by atoms with Gasteiger partial charge in [-0.3, -0.25) is 9.78 Å². The van der Waals surface area contributed by atoms with Gasteiger partial charge in [0, 0.05) is 22.9 Å². The van der Waals surface area contributed by atoms with Gasteiger partial charge in [-0.05, 0) is 54.7 Å². The third-order valence-electron chi connectivity index (χ3n) is 5.46. The maximum absolute atomic E-state index is 12.6. The fourth-order valence-electron chi connectivity index (χ4n) is 3.91. The SMILES string of the molecule is O=C(CSc1ccc2c(c1)CCC2)N1CC[NH+](Cc2ccncc2)CC1. The molecule has 1 aromatic carbocycles. The van der Waals surface area contributed by atoms with Gasteiger partial charge < -0.3 is 9.80 Å². The molecular formula is C21H26N3OS+. The first-order valence-electron chi connectivity index (χ1n) is 9.53. The second-order valence-corrected chi connectivity index (χ2v) is 8.28. The van der Waals surface area contributed by atoms with Crippen molar-refractivity contribution in [2.45, 2.75) is 30.7 Å². The van der Waals surface area contributed by atoms with Crippen LogP contribution >= 0.6 is 11.8 Å². The Morgan fingerprint density at radius 3 is 2.65 bits per heavy atom. The van der Waals surface area contributed by atoms with E-state index in [0.29, 0.717) is 5.75 Å². The Balaban J connectivity index is 1.23. The molecule has 2 heterocycles. The van der Waals surface area contributed by atoms with Crippen LogP contribution in [0.1, 0.15) is 23.1 Å². The average Bonchev–Trinajstić information content (AvgIpc) is 3.15. The molecular weight excluding hydrogens is 342 g/mol. The zero-order chi connectivity index (χ0) is 17.8. The summed E-state index contributed by atoms with van der Waals surface area (Å²) in [5.74, 6) is 0.830. The number of rotatable bonds is 5. The number of benzene rings is 1. The van der Waals surface area contributed by atoms with E-state index < -0.39 is 0 Å². The Hall–Kier alpha value is -1.85. The Bertz CT molecular complexity index is 757. The molecule has 2 aromatic rings. The van der Waals surface area contributed by atoms with E-state index in [9.17, 15) is 4.79 Å². The van der Waals surface area contributed by atoms with Crippen LogP contribution in [0.4, 0.5) is 0 Å². The molecule has 5 heteroatoms. The molecule has 1 aromatic heterocycles. The molecule has 0 radical (unpaired) electrons. The number of amides is 1. The van der Waals surface area contributed by atoms with Gasteiger partial charge in [0.2, 0.25) is 5.91 Å². The van der Waals surface area contributed by atoms with Gasteiger partial charge in [-0.25, -0.2) is 0 Å². The second kappa shape index (κ2) is 8.23. The molecule has 1 saturated heterocycles. The summed E-state index contributed by atoms with van der Waals surface area (Å²) in [5.41, 5.74) is 4.30. The molecule has 0 bridgehead atoms. The lowest BCUT2D eigenvalue weighted by atomic mass is 10.1. The number of nitrogens with one attached hydrogen (secondary N) is 1. The highest BCUT2D eigenvalue weighted by Gasteiger charge is 2.23. The molecule has 0 atom stereocenters. The van der Waals surface area contributed by atoms with Gasteiger partial charge in [0.05, 0.1) is 31.9 Å². The molecule has 1 fully saturated rings. The summed E-state index contributed by atoms with van der Waals surface area (Å²) in [6.07, 6.45) is 7.38. The van der Waals surface area contributed by atoms with Gasteiger partial charge in [0.25, 0.3) is 0 Å². The summed E-state index contributed by atoms with van der Waals surface area (Å²) in [6.45, 7) is 4.80. The number of hydrogen-bond acceptors (Lipinski definition) is 3. The second-order valence-electron chi connectivity index (χ2n) is 7.24. The quantitative estimate of drug-likeness (QED) is 0.815. The van der Waals surface area contributed by atoms with Crippen LogP contribution in [0, 0.1) is 0 Å². The van der Waals surface area contributed by atoms with E-state index in [-0.39, 0.29) is 5.91 Å². The summed E-state index contributed by atoms with van der Waals surface area (Å²) in [7, 11) is 0. The zero-order valence-electron chi connectivity index (χ0n) is 15.1. The van der Waals surface area contributed by atoms with E-state index in [4.69, 9.17) is 0 Å². The minimum absolute atomic E-state index is 0.276. The number of pyridine rings is 1. The molecule has 1 aliphatic carbocycles. The van der Waals surface area contributed by atoms with Gasteiger partial charge in [-0.1, -0.05) is 6.07 Å². The van der Waals surface area contributed by atoms with Gasteiger partial charge in [0.1, 0.15) is 6.54 Å². The highest BCUT2D eigenvalue weighted by atomic mass is 32.2. The summed E-state index contributed by atoms with van der Waals surface area (Å²) in [4.78, 5) is 21.5. The molecule has 0 saturated carbocycles. The van der Waals surface area contributed by atoms with Crippen LogP contribution in [0.3, 0.4) is 0 Å². The third-order valence-corrected chi connectivity index (χ3v) is 6.44. The number of piperazine rings is 1. The molecule has 0 spiro atoms. The lowest BCUT2D eigenvalue weighted by Gasteiger charge is -2.32. The Morgan fingerprint density at radius 1 is 1.08 bits per heavy atom. The zero-order valence-corrected chi connectivity index (χ0v) is 15.9. The minimum atomic E-state index is 0.276. The highest BCUT2D eigenvalue weighted by Crippen LogP contribution is 2.27. The maximum atomic E-state index is 12.6. The minimum Gasteiger partial charge on any atom is -0.331 e. The van der Waals surface area contributed by atoms with Crippen molar-refractivity contribution in [2.75, 3.05) is 31.9 Å². The monoisotopic (exact) mass is 368 g/mol. The first-order valence-corrected chi connectivity index (χ1v) is 10.5. The standard InChI is InChI=1S/C21H25N3OS/c25-21(16-26-20-5-4-18-2-1-3-19(18)14-20)24-12-10-23(11-13-24)15-17-6-8-22-9-7-17/h4-9,14H,1-3,10-13,15-16H2/p+1. The molecule has 1 aliphatic heterocycles. The van der Waals surface area contributed by atoms with Crippen LogP contribution in [0.15, 0.2) is 47.6 Å². The Morgan fingerprint density at radius 2 is 1.85 bits per heavy atom. The van der Waals surface area contributed by atoms with Crippen molar-refractivity contribution in [1.82, 2.24) is 9.88 Å². The third kappa shape index (κ3) is 4.27. The Labute approximate surface area is 159 Å². The number of nitrogens with zero attached hydrogens (tertiary/aromatic N) is 2. The predicted molar refractivity (Wildman–Crippen MR) is 104 cm³/mol. The van der Waals surface area contributed by atoms with Gasteiger partial charge in [0.15, 0.2) is 0 Å². The normalized spacial score (nSPS) is 17.3. The van der Waals surface area contributed by atoms with Crippen molar-refractivity contribution in [1.29, 1.82) is 0 Å². The smallest absolute Gasteiger partial charge is 0.233 e. The number of carbonyl (C=O) groups is 1. The van der Waals surface area contributed by atoms with Crippen molar-refractivity contribution in [3.8, 4) is 0 Å². The molecule has 0 unspecified atom stereocenters. The highest BCUT2D eigenvalue weighted by molar-refractivity contribution is 8.00. The molecule has 2 aliphatic rings. The number of aryl methyl sites for hydroxylation is 2. The van der Waals surface area contributed by atoms with E-state index in [0.717, 1.165) is 32.7 Å². The largest absolute Gasteiger partial charge is 0.331 e. The lowest BCUT2D eigenvalue weighted by Crippen LogP contribution is -3.13. The fourth-order valence-corrected chi connectivity index (χ4v) is 4.78. The number of hydrogen-bond donors (Lipinski definition) is 1. The average molecular weight is 369 g/mol. The molecule has 1 amide bonds. The van der Waals surface area contributed by atoms with Crippen molar-refractivity contribution >= 4 is 17.7 Å². The van der Waals surface area contributed by atoms with Gasteiger partial charge >= 0.3 is 0 Å². The molecule has 4 rings (SSSR count). The van der Waals surface area contributed by atoms with Crippen molar-refractivity contribution < 1.29 is 9.69 Å². The van der Waals surface area contributed by atoms with Crippen LogP contribution in [-0.2, 0) is 24.2 Å². The molecule has 136 valence electrons. The summed E-state index contributed by atoms with van der Waals surface area (Å²) < 4.78 is 0. The summed E-state index contributed by atoms with van der Waals surface area (Å²) in [5, 5.41) is 0. The predicted octanol–water partition coefficient (Wildman–Crippen LogP) is 1.59. The van der Waals surface area contributed by atoms with Crippen molar-refractivity contribution in [3.63, 3.8) is 0 Å². The van der Waals surface area contributed by atoms with E-state index in [2.05, 4.69) is 35.3 Å². The van der Waals surface area contributed by atoms with Gasteiger partial charge in [-0.15, -0.1) is 11.8 Å². The van der Waals surface area contributed by atoms with Crippen LogP contribution < -0.4 is 4.90 Å². The van der Waals surface area contributed by atoms with E-state index in [1.54, 1.807) is 16.7 Å². The van der Waals surface area contributed by atoms with E-state index in [1.165, 1.54) is 40.8 Å². The van der Waals surface area contributed by atoms with Crippen LogP contribution in [0.2, 0.25) is 0 Å². The maximum Gasteiger partial charge on any atom is 0.233 e. The van der Waals surface area contributed by atoms with Crippen LogP contribution in [0.25, 0.3) is 0 Å². The topological polar surface area (TPSA) is 37.6 Å². The van der Waals surface area contributed by atoms with Crippen LogP contribution in [-0.4, -0.2) is 47.7 Å². The lowest BCUT2D eigenvalue weighted by molar-refractivity contribution is -0.917. The molecule has 4 nitrogen and oxygen atoms in total. The van der Waals surface area contributed by atoms with Crippen molar-refractivity contribution in [2.24, 2.45) is 0 Å². The number of fused-ring (bicyclic) bond motifs is 1. The number of carbonyl (C=O) groups excluding carboxylic acids is 1. The van der Waals surface area contributed by atoms with Gasteiger partial charge in [-0.2, -0.15) is 0 Å². The first-order chi connectivity index (χ1) is 12.8. The molecule has 26 heavy (non-hydrogen) atoms.